The van der Waals surface area contributed by atoms with E-state index >= 15 is 0 Å². The molecule has 4 rings (SSSR count). The SMILES string of the molecule is COc1cccc2nc(Sc3nc4c(N)ncnc4n3CC[As]C(C)(C)C)sc12. The maximum atomic E-state index is 6.07. The van der Waals surface area contributed by atoms with Crippen molar-refractivity contribution in [3.8, 4) is 5.75 Å². The van der Waals surface area contributed by atoms with Crippen LogP contribution >= 0.6 is 23.1 Å². The quantitative estimate of drug-likeness (QED) is 0.398. The summed E-state index contributed by atoms with van der Waals surface area (Å²) in [5.74, 6) is 1.25. The molecule has 3 heterocycles. The Balaban J connectivity index is 1.71. The molecule has 0 spiro atoms. The Hall–Kier alpha value is -1.83. The van der Waals surface area contributed by atoms with Crippen LogP contribution in [-0.2, 0) is 6.54 Å². The molecule has 0 amide bonds. The number of imidazole rings is 1. The van der Waals surface area contributed by atoms with Crippen molar-refractivity contribution in [2.75, 3.05) is 12.8 Å². The Morgan fingerprint density at radius 1 is 1.24 bits per heavy atom. The number of hydrogen-bond donors (Lipinski definition) is 1. The van der Waals surface area contributed by atoms with E-state index in [4.69, 9.17) is 20.4 Å². The molecule has 7 nitrogen and oxygen atoms in total. The number of hydrogen-bond acceptors (Lipinski definition) is 8. The van der Waals surface area contributed by atoms with E-state index in [1.165, 1.54) is 6.33 Å². The van der Waals surface area contributed by atoms with E-state index < -0.39 is 0 Å². The van der Waals surface area contributed by atoms with Crippen LogP contribution in [0.15, 0.2) is 34.0 Å². The van der Waals surface area contributed by atoms with Crippen molar-refractivity contribution in [1.29, 1.82) is 0 Å². The average molecular weight is 489 g/mol. The van der Waals surface area contributed by atoms with Crippen LogP contribution in [0.4, 0.5) is 5.82 Å². The molecule has 0 aliphatic carbocycles. The van der Waals surface area contributed by atoms with Crippen molar-refractivity contribution in [3.63, 3.8) is 0 Å². The second kappa shape index (κ2) is 8.12. The number of anilines is 1. The van der Waals surface area contributed by atoms with Gasteiger partial charge in [-0.15, -0.1) is 0 Å². The molecule has 1 radical (unpaired) electrons. The van der Waals surface area contributed by atoms with Gasteiger partial charge in [0.2, 0.25) is 0 Å². The van der Waals surface area contributed by atoms with Crippen LogP contribution < -0.4 is 10.5 Å². The Labute approximate surface area is 184 Å². The van der Waals surface area contributed by atoms with Crippen molar-refractivity contribution in [1.82, 2.24) is 24.5 Å². The van der Waals surface area contributed by atoms with Gasteiger partial charge in [-0.2, -0.15) is 0 Å². The molecule has 151 valence electrons. The summed E-state index contributed by atoms with van der Waals surface area (Å²) in [6.07, 6.45) is 1.50. The summed E-state index contributed by atoms with van der Waals surface area (Å²) in [7, 11) is 1.68. The number of nitrogens with two attached hydrogens (primary N) is 1. The molecular weight excluding hydrogens is 467 g/mol. The molecule has 3 aromatic heterocycles. The van der Waals surface area contributed by atoms with Crippen LogP contribution in [0, 0.1) is 0 Å². The predicted octanol–water partition coefficient (Wildman–Crippen LogP) is 4.52. The van der Waals surface area contributed by atoms with E-state index in [1.54, 1.807) is 30.2 Å². The van der Waals surface area contributed by atoms with Crippen LogP contribution in [0.3, 0.4) is 0 Å². The van der Waals surface area contributed by atoms with E-state index in [9.17, 15) is 0 Å². The van der Waals surface area contributed by atoms with Crippen LogP contribution in [0.1, 0.15) is 20.8 Å². The number of rotatable bonds is 6. The van der Waals surface area contributed by atoms with E-state index in [-0.39, 0.29) is 15.8 Å². The standard InChI is InChI=1S/C19H22AsN6OS2/c1-19(2,3)20-8-9-26-16-13(15(21)22-10-23-16)25-17(26)29-18-24-11-6-5-7-12(27-4)14(11)28-18/h5-7,10H,8-9H2,1-4H3,(H2,21,22,23). The first kappa shape index (κ1) is 20.4. The topological polar surface area (TPSA) is 91.7 Å². The van der Waals surface area contributed by atoms with Gasteiger partial charge in [-0.25, -0.2) is 0 Å². The second-order valence-corrected chi connectivity index (χ2v) is 14.1. The summed E-state index contributed by atoms with van der Waals surface area (Å²) in [4.78, 5) is 18.1. The molecule has 0 bridgehead atoms. The third-order valence-corrected chi connectivity index (χ3v) is 9.21. The van der Waals surface area contributed by atoms with Gasteiger partial charge in [-0.05, 0) is 0 Å². The molecule has 0 aliphatic heterocycles. The first-order valence-corrected chi connectivity index (χ1v) is 13.0. The van der Waals surface area contributed by atoms with Crippen molar-refractivity contribution in [3.05, 3.63) is 24.5 Å². The predicted molar refractivity (Wildman–Crippen MR) is 120 cm³/mol. The number of fused-ring (bicyclic) bond motifs is 2. The summed E-state index contributed by atoms with van der Waals surface area (Å²) in [6, 6.07) is 5.91. The van der Waals surface area contributed by atoms with Crippen molar-refractivity contribution in [2.24, 2.45) is 0 Å². The van der Waals surface area contributed by atoms with E-state index in [2.05, 4.69) is 35.3 Å². The van der Waals surface area contributed by atoms with Gasteiger partial charge in [-0.3, -0.25) is 0 Å². The summed E-state index contributed by atoms with van der Waals surface area (Å²) < 4.78 is 9.95. The zero-order chi connectivity index (χ0) is 20.6. The van der Waals surface area contributed by atoms with E-state index in [1.807, 2.05) is 18.2 Å². The Morgan fingerprint density at radius 2 is 2.07 bits per heavy atom. The molecule has 0 atom stereocenters. The van der Waals surface area contributed by atoms with Crippen LogP contribution in [0.2, 0.25) is 9.41 Å². The molecule has 29 heavy (non-hydrogen) atoms. The summed E-state index contributed by atoms with van der Waals surface area (Å²) in [5, 5.41) is 1.97. The molecule has 2 N–H and O–H groups in total. The van der Waals surface area contributed by atoms with E-state index in [0.717, 1.165) is 42.9 Å². The minimum absolute atomic E-state index is 0.207. The molecule has 0 unspecified atom stereocenters. The maximum absolute atomic E-state index is 6.07. The Kier molecular flexibility index (Phi) is 5.73. The third kappa shape index (κ3) is 4.37. The van der Waals surface area contributed by atoms with Gasteiger partial charge in [0.1, 0.15) is 0 Å². The zero-order valence-corrected chi connectivity index (χ0v) is 20.2. The molecule has 1 aromatic carbocycles. The monoisotopic (exact) mass is 489 g/mol. The summed E-state index contributed by atoms with van der Waals surface area (Å²) in [6.45, 7) is 7.75. The van der Waals surface area contributed by atoms with E-state index in [0.29, 0.717) is 15.5 Å². The van der Waals surface area contributed by atoms with Crippen molar-refractivity contribution < 1.29 is 4.74 Å². The van der Waals surface area contributed by atoms with Crippen LogP contribution in [0.25, 0.3) is 21.4 Å². The number of thiazole rings is 1. The fraction of sp³-hybridized carbons (Fsp3) is 0.368. The van der Waals surface area contributed by atoms with Gasteiger partial charge in [0.15, 0.2) is 0 Å². The molecule has 0 fully saturated rings. The third-order valence-electron chi connectivity index (χ3n) is 4.19. The van der Waals surface area contributed by atoms with Gasteiger partial charge in [0.25, 0.3) is 0 Å². The fourth-order valence-corrected chi connectivity index (χ4v) is 7.08. The zero-order valence-electron chi connectivity index (χ0n) is 16.7. The van der Waals surface area contributed by atoms with Gasteiger partial charge < -0.3 is 0 Å². The molecule has 10 heteroatoms. The average Bonchev–Trinajstić information content (AvgIpc) is 3.23. The molecule has 0 saturated heterocycles. The first-order valence-electron chi connectivity index (χ1n) is 9.12. The van der Waals surface area contributed by atoms with Crippen LogP contribution in [-0.4, -0.2) is 47.4 Å². The Bertz CT molecular complexity index is 1170. The number of nitrogen functional groups attached to an aromatic ring is 1. The molecule has 0 saturated carbocycles. The number of benzene rings is 1. The first-order chi connectivity index (χ1) is 13.9. The minimum atomic E-state index is 0.207. The van der Waals surface area contributed by atoms with Gasteiger partial charge >= 0.3 is 185 Å². The van der Waals surface area contributed by atoms with Crippen molar-refractivity contribution in [2.45, 2.75) is 46.2 Å². The number of methoxy groups -OCH3 is 1. The molecule has 0 aliphatic rings. The fourth-order valence-electron chi connectivity index (χ4n) is 2.88. The summed E-state index contributed by atoms with van der Waals surface area (Å²) in [5.41, 5.74) is 8.44. The summed E-state index contributed by atoms with van der Waals surface area (Å²) >= 11 is 3.36. The number of ether oxygens (including phenoxy) is 1. The Morgan fingerprint density at radius 3 is 2.83 bits per heavy atom. The molecule has 4 aromatic rings. The van der Waals surface area contributed by atoms with Gasteiger partial charge in [-0.1, -0.05) is 0 Å². The normalized spacial score (nSPS) is 12.6. The van der Waals surface area contributed by atoms with Gasteiger partial charge in [0.05, 0.1) is 0 Å². The van der Waals surface area contributed by atoms with Crippen molar-refractivity contribution >= 4 is 66.0 Å². The number of aryl methyl sites for hydroxylation is 1. The van der Waals surface area contributed by atoms with Gasteiger partial charge in [0, 0.05) is 0 Å². The van der Waals surface area contributed by atoms with Crippen LogP contribution in [0.5, 0.6) is 5.75 Å². The number of aromatic nitrogens is 5. The number of nitrogens with zero attached hydrogens (tertiary/aromatic N) is 5. The molecular formula is C19H22AsN6OS2. The second-order valence-electron chi connectivity index (χ2n) is 7.42.